The number of hydrogen-bond acceptors (Lipinski definition) is 1. The molecular weight excluding hydrogens is 202 g/mol. The summed E-state index contributed by atoms with van der Waals surface area (Å²) in [4.78, 5) is 4.61. The maximum atomic E-state index is 4.61. The van der Waals surface area contributed by atoms with E-state index in [0.717, 1.165) is 0 Å². The molecule has 0 atom stereocenters. The van der Waals surface area contributed by atoms with Gasteiger partial charge < -0.3 is 0 Å². The molecule has 0 saturated carbocycles. The van der Waals surface area contributed by atoms with Crippen LogP contribution < -0.4 is 10.5 Å². The van der Waals surface area contributed by atoms with Crippen LogP contribution in [0.25, 0.3) is 0 Å². The highest BCUT2D eigenvalue weighted by atomic mass is 28.3. The van der Waals surface area contributed by atoms with Gasteiger partial charge in [0.05, 0.1) is 8.07 Å². The van der Waals surface area contributed by atoms with E-state index in [9.17, 15) is 0 Å². The van der Waals surface area contributed by atoms with Crippen LogP contribution >= 0.6 is 0 Å². The maximum Gasteiger partial charge on any atom is 0.101 e. The molecule has 0 radical (unpaired) electrons. The van der Waals surface area contributed by atoms with Crippen LogP contribution in [0, 0.1) is 0 Å². The molecule has 78 valence electrons. The maximum absolute atomic E-state index is 4.61. The zero-order valence-corrected chi connectivity index (χ0v) is 12.2. The molecule has 0 aliphatic heterocycles. The van der Waals surface area contributed by atoms with Gasteiger partial charge in [0.2, 0.25) is 0 Å². The van der Waals surface area contributed by atoms with Crippen molar-refractivity contribution in [3.63, 3.8) is 0 Å². The summed E-state index contributed by atoms with van der Waals surface area (Å²) in [6.07, 6.45) is 2.10. The molecule has 0 unspecified atom stereocenters. The van der Waals surface area contributed by atoms with Crippen molar-refractivity contribution in [2.45, 2.75) is 39.3 Å². The van der Waals surface area contributed by atoms with Gasteiger partial charge in [0.25, 0.3) is 0 Å². The summed E-state index contributed by atoms with van der Waals surface area (Å²) in [5, 5.41) is 2.78. The smallest absolute Gasteiger partial charge is 0.101 e. The van der Waals surface area contributed by atoms with Gasteiger partial charge in [-0.3, -0.25) is 4.98 Å². The van der Waals surface area contributed by atoms with E-state index in [0.29, 0.717) is 0 Å². The average molecular weight is 223 g/mol. The highest BCUT2D eigenvalue weighted by molar-refractivity contribution is 6.89. The van der Waals surface area contributed by atoms with Crippen molar-refractivity contribution in [3.8, 4) is 0 Å². The van der Waals surface area contributed by atoms with Crippen molar-refractivity contribution in [2.75, 3.05) is 0 Å². The second-order valence-electron chi connectivity index (χ2n) is 5.93. The van der Waals surface area contributed by atoms with E-state index in [4.69, 9.17) is 0 Å². The molecule has 0 aromatic carbocycles. The van der Waals surface area contributed by atoms with Gasteiger partial charge in [-0.2, -0.15) is 0 Å². The lowest BCUT2D eigenvalue weighted by atomic mass is 10.5. The van der Waals surface area contributed by atoms with Crippen LogP contribution in [0.3, 0.4) is 0 Å². The molecule has 1 heterocycles. The Balaban J connectivity index is 3.02. The molecule has 0 aliphatic carbocycles. The van der Waals surface area contributed by atoms with Crippen LogP contribution in [-0.2, 0) is 0 Å². The van der Waals surface area contributed by atoms with Crippen molar-refractivity contribution < 1.29 is 0 Å². The van der Waals surface area contributed by atoms with Gasteiger partial charge in [-0.25, -0.2) is 0 Å². The molecule has 1 rings (SSSR count). The molecule has 0 spiro atoms. The highest BCUT2D eigenvalue weighted by Gasteiger charge is 2.20. The molecule has 1 aromatic heterocycles. The average Bonchev–Trinajstić information content (AvgIpc) is 2.01. The predicted octanol–water partition coefficient (Wildman–Crippen LogP) is 2.17. The van der Waals surface area contributed by atoms with Crippen molar-refractivity contribution in [2.24, 2.45) is 0 Å². The first-order valence-corrected chi connectivity index (χ1v) is 12.2. The zero-order valence-electron chi connectivity index (χ0n) is 10.2. The minimum absolute atomic E-state index is 1.16. The monoisotopic (exact) mass is 223 g/mol. The fourth-order valence-electron chi connectivity index (χ4n) is 1.28. The Morgan fingerprint density at radius 3 is 1.71 bits per heavy atom. The Hall–Kier alpha value is -0.416. The van der Waals surface area contributed by atoms with Crippen molar-refractivity contribution in [1.29, 1.82) is 0 Å². The molecule has 0 N–H and O–H groups in total. The van der Waals surface area contributed by atoms with Crippen molar-refractivity contribution in [1.82, 2.24) is 4.98 Å². The lowest BCUT2D eigenvalue weighted by Gasteiger charge is -2.19. The predicted molar refractivity (Wildman–Crippen MR) is 70.2 cm³/mol. The summed E-state index contributed by atoms with van der Waals surface area (Å²) in [5.41, 5.74) is 0. The van der Waals surface area contributed by atoms with E-state index < -0.39 is 16.1 Å². The summed E-state index contributed by atoms with van der Waals surface area (Å²) < 4.78 is 0. The van der Waals surface area contributed by atoms with Crippen LogP contribution in [0.2, 0.25) is 39.3 Å². The zero-order chi connectivity index (χ0) is 11.0. The number of hydrogen-bond donors (Lipinski definition) is 0. The standard InChI is InChI=1S/C11H21NSi2/c1-13(2,3)10-7-8-11(12-9-10)14(4,5)6/h7-9H,1-6H3. The third kappa shape index (κ3) is 2.79. The third-order valence-electron chi connectivity index (χ3n) is 2.40. The van der Waals surface area contributed by atoms with Gasteiger partial charge in [-0.1, -0.05) is 45.3 Å². The van der Waals surface area contributed by atoms with Crippen LogP contribution in [0.5, 0.6) is 0 Å². The number of aromatic nitrogens is 1. The first kappa shape index (κ1) is 11.7. The Kier molecular flexibility index (Phi) is 3.02. The minimum atomic E-state index is -1.21. The van der Waals surface area contributed by atoms with Crippen molar-refractivity contribution in [3.05, 3.63) is 18.3 Å². The number of rotatable bonds is 2. The number of nitrogens with zero attached hydrogens (tertiary/aromatic N) is 1. The highest BCUT2D eigenvalue weighted by Crippen LogP contribution is 2.02. The molecule has 0 fully saturated rings. The molecule has 1 aromatic rings. The quantitative estimate of drug-likeness (QED) is 0.700. The van der Waals surface area contributed by atoms with E-state index in [-0.39, 0.29) is 0 Å². The van der Waals surface area contributed by atoms with Gasteiger partial charge in [0.15, 0.2) is 0 Å². The minimum Gasteiger partial charge on any atom is -0.266 e. The fourth-order valence-corrected chi connectivity index (χ4v) is 3.35. The summed E-state index contributed by atoms with van der Waals surface area (Å²) in [7, 11) is -2.37. The second-order valence-corrected chi connectivity index (χ2v) is 16.0. The van der Waals surface area contributed by atoms with Crippen LogP contribution in [0.4, 0.5) is 0 Å². The van der Waals surface area contributed by atoms with Crippen LogP contribution in [-0.4, -0.2) is 21.1 Å². The Labute approximate surface area is 89.6 Å². The van der Waals surface area contributed by atoms with Gasteiger partial charge in [0.1, 0.15) is 8.07 Å². The van der Waals surface area contributed by atoms with E-state index in [1.807, 2.05) is 0 Å². The van der Waals surface area contributed by atoms with E-state index in [1.54, 1.807) is 0 Å². The first-order chi connectivity index (χ1) is 6.21. The van der Waals surface area contributed by atoms with Crippen molar-refractivity contribution >= 4 is 26.7 Å². The topological polar surface area (TPSA) is 12.9 Å². The summed E-state index contributed by atoms with van der Waals surface area (Å²) >= 11 is 0. The molecule has 0 amide bonds. The summed E-state index contributed by atoms with van der Waals surface area (Å²) in [5.74, 6) is 0. The molecule has 0 aliphatic rings. The van der Waals surface area contributed by atoms with Gasteiger partial charge >= 0.3 is 0 Å². The molecule has 14 heavy (non-hydrogen) atoms. The van der Waals surface area contributed by atoms with E-state index >= 15 is 0 Å². The molecular formula is C11H21NSi2. The van der Waals surface area contributed by atoms with Gasteiger partial charge in [-0.15, -0.1) is 0 Å². The molecule has 1 nitrogen and oxygen atoms in total. The lowest BCUT2D eigenvalue weighted by molar-refractivity contribution is 1.37. The van der Waals surface area contributed by atoms with Gasteiger partial charge in [0, 0.05) is 11.5 Å². The van der Waals surface area contributed by atoms with Crippen LogP contribution in [0.1, 0.15) is 0 Å². The summed E-state index contributed by atoms with van der Waals surface area (Å²) in [6.45, 7) is 14.1. The molecule has 3 heteroatoms. The fraction of sp³-hybridized carbons (Fsp3) is 0.545. The number of pyridine rings is 1. The second kappa shape index (κ2) is 3.62. The van der Waals surface area contributed by atoms with Crippen LogP contribution in [0.15, 0.2) is 18.3 Å². The Morgan fingerprint density at radius 1 is 0.857 bits per heavy atom. The molecule has 0 saturated heterocycles. The van der Waals surface area contributed by atoms with E-state index in [1.165, 1.54) is 10.5 Å². The molecule has 0 bridgehead atoms. The Morgan fingerprint density at radius 2 is 1.43 bits per heavy atom. The normalized spacial score (nSPS) is 13.0. The largest absolute Gasteiger partial charge is 0.266 e. The summed E-state index contributed by atoms with van der Waals surface area (Å²) in [6, 6.07) is 4.52. The third-order valence-corrected chi connectivity index (χ3v) is 6.26. The van der Waals surface area contributed by atoms with Gasteiger partial charge in [-0.05, 0) is 11.3 Å². The van der Waals surface area contributed by atoms with E-state index in [2.05, 4.69) is 62.6 Å². The lowest BCUT2D eigenvalue weighted by Crippen LogP contribution is -2.44. The Bertz CT molecular complexity index is 271. The SMILES string of the molecule is C[Si](C)(C)c1ccc([Si](C)(C)C)nc1. The first-order valence-electron chi connectivity index (χ1n) is 5.18.